The fourth-order valence-corrected chi connectivity index (χ4v) is 6.66. The van der Waals surface area contributed by atoms with Crippen molar-refractivity contribution in [2.24, 2.45) is 0 Å². The van der Waals surface area contributed by atoms with Crippen LogP contribution in [0.3, 0.4) is 0 Å². The van der Waals surface area contributed by atoms with Crippen LogP contribution in [-0.4, -0.2) is 65.1 Å². The zero-order chi connectivity index (χ0) is 31.9. The first-order chi connectivity index (χ1) is 21.1. The average molecular weight is 624 g/mol. The molecule has 1 atom stereocenters. The smallest absolute Gasteiger partial charge is 0.264 e. The Morgan fingerprint density at radius 2 is 1.50 bits per heavy atom. The van der Waals surface area contributed by atoms with Gasteiger partial charge >= 0.3 is 0 Å². The van der Waals surface area contributed by atoms with Crippen molar-refractivity contribution in [2.45, 2.75) is 63.1 Å². The van der Waals surface area contributed by atoms with E-state index in [1.54, 1.807) is 50.4 Å². The van der Waals surface area contributed by atoms with Gasteiger partial charge in [-0.25, -0.2) is 8.42 Å². The number of ether oxygens (including phenoxy) is 3. The number of nitrogens with one attached hydrogen (secondary N) is 1. The Morgan fingerprint density at radius 3 is 2.09 bits per heavy atom. The minimum Gasteiger partial charge on any atom is -0.497 e. The summed E-state index contributed by atoms with van der Waals surface area (Å²) in [7, 11) is 0.190. The highest BCUT2D eigenvalue weighted by Crippen LogP contribution is 2.36. The summed E-state index contributed by atoms with van der Waals surface area (Å²) in [6, 6.07) is 17.5. The van der Waals surface area contributed by atoms with E-state index < -0.39 is 28.5 Å². The molecule has 11 heteroatoms. The third-order valence-electron chi connectivity index (χ3n) is 7.92. The van der Waals surface area contributed by atoms with Crippen molar-refractivity contribution in [1.82, 2.24) is 10.2 Å². The van der Waals surface area contributed by atoms with Gasteiger partial charge in [-0.05, 0) is 68.7 Å². The number of benzene rings is 3. The normalized spacial score (nSPS) is 14.0. The molecule has 4 rings (SSSR count). The quantitative estimate of drug-likeness (QED) is 0.294. The summed E-state index contributed by atoms with van der Waals surface area (Å²) in [5.74, 6) is 0.431. The molecular formula is C33H41N3O7S. The lowest BCUT2D eigenvalue weighted by molar-refractivity contribution is -0.139. The van der Waals surface area contributed by atoms with Crippen LogP contribution in [0.25, 0.3) is 0 Å². The second-order valence-electron chi connectivity index (χ2n) is 10.9. The van der Waals surface area contributed by atoms with Crippen LogP contribution in [0.4, 0.5) is 5.69 Å². The molecule has 1 fully saturated rings. The molecule has 10 nitrogen and oxygen atoms in total. The van der Waals surface area contributed by atoms with E-state index in [0.29, 0.717) is 11.5 Å². The van der Waals surface area contributed by atoms with Crippen LogP contribution in [0.2, 0.25) is 0 Å². The molecule has 1 saturated carbocycles. The van der Waals surface area contributed by atoms with E-state index in [9.17, 15) is 18.0 Å². The Morgan fingerprint density at radius 1 is 0.886 bits per heavy atom. The van der Waals surface area contributed by atoms with E-state index in [-0.39, 0.29) is 34.8 Å². The van der Waals surface area contributed by atoms with Crippen molar-refractivity contribution in [3.05, 3.63) is 77.9 Å². The Bertz CT molecular complexity index is 1540. The molecule has 0 spiro atoms. The van der Waals surface area contributed by atoms with Gasteiger partial charge < -0.3 is 24.4 Å². The molecule has 1 aliphatic rings. The molecule has 0 heterocycles. The summed E-state index contributed by atoms with van der Waals surface area (Å²) < 4.78 is 45.6. The lowest BCUT2D eigenvalue weighted by atomic mass is 10.1. The third kappa shape index (κ3) is 7.63. The monoisotopic (exact) mass is 623 g/mol. The Labute approximate surface area is 260 Å². The van der Waals surface area contributed by atoms with Gasteiger partial charge in [-0.3, -0.25) is 13.9 Å². The van der Waals surface area contributed by atoms with E-state index in [4.69, 9.17) is 14.2 Å². The number of aryl methyl sites for hydroxylation is 1. The maximum atomic E-state index is 14.3. The fraction of sp³-hybridized carbons (Fsp3) is 0.394. The molecule has 3 aromatic rings. The summed E-state index contributed by atoms with van der Waals surface area (Å²) in [4.78, 5) is 29.1. The number of hydrogen-bond acceptors (Lipinski definition) is 7. The van der Waals surface area contributed by atoms with Crippen molar-refractivity contribution in [1.29, 1.82) is 0 Å². The highest BCUT2D eigenvalue weighted by atomic mass is 32.2. The van der Waals surface area contributed by atoms with E-state index in [1.807, 2.05) is 19.1 Å². The predicted molar refractivity (Wildman–Crippen MR) is 169 cm³/mol. The zero-order valence-electron chi connectivity index (χ0n) is 25.9. The fourth-order valence-electron chi connectivity index (χ4n) is 5.24. The van der Waals surface area contributed by atoms with Crippen LogP contribution in [0.15, 0.2) is 71.6 Å². The van der Waals surface area contributed by atoms with Crippen molar-refractivity contribution in [2.75, 3.05) is 32.2 Å². The number of carbonyl (C=O) groups excluding carboxylic acids is 2. The van der Waals surface area contributed by atoms with E-state index in [2.05, 4.69) is 5.32 Å². The highest BCUT2D eigenvalue weighted by molar-refractivity contribution is 7.92. The predicted octanol–water partition coefficient (Wildman–Crippen LogP) is 4.69. The molecule has 1 aliphatic carbocycles. The number of anilines is 1. The van der Waals surface area contributed by atoms with Gasteiger partial charge in [0.15, 0.2) is 0 Å². The molecule has 0 aliphatic heterocycles. The first-order valence-corrected chi connectivity index (χ1v) is 16.1. The van der Waals surface area contributed by atoms with E-state index in [1.165, 1.54) is 37.3 Å². The van der Waals surface area contributed by atoms with Crippen LogP contribution in [0, 0.1) is 6.92 Å². The molecule has 0 unspecified atom stereocenters. The van der Waals surface area contributed by atoms with Crippen LogP contribution < -0.4 is 23.8 Å². The molecule has 0 radical (unpaired) electrons. The molecule has 2 amide bonds. The Kier molecular flexibility index (Phi) is 10.7. The minimum atomic E-state index is -4.27. The van der Waals surface area contributed by atoms with Crippen molar-refractivity contribution in [3.8, 4) is 17.2 Å². The number of methoxy groups -OCH3 is 3. The SMILES string of the molecule is COc1ccc(CN(C(=O)CN(c2cc(OC)ccc2OC)S(=O)(=O)c2ccc(C)cc2)[C@@H](C)C(=O)NC2CCCC2)cc1. The van der Waals surface area contributed by atoms with Crippen molar-refractivity contribution in [3.63, 3.8) is 0 Å². The number of carbonyl (C=O) groups is 2. The minimum absolute atomic E-state index is 0.00880. The summed E-state index contributed by atoms with van der Waals surface area (Å²) in [5.41, 5.74) is 1.78. The number of amides is 2. The average Bonchev–Trinajstić information content (AvgIpc) is 3.55. The third-order valence-corrected chi connectivity index (χ3v) is 9.70. The second-order valence-corrected chi connectivity index (χ2v) is 12.8. The van der Waals surface area contributed by atoms with Crippen LogP contribution >= 0.6 is 0 Å². The van der Waals surface area contributed by atoms with Gasteiger partial charge in [0.2, 0.25) is 11.8 Å². The summed E-state index contributed by atoms with van der Waals surface area (Å²) in [6.45, 7) is 3.02. The Hall–Kier alpha value is -4.25. The van der Waals surface area contributed by atoms with Crippen LogP contribution in [-0.2, 0) is 26.2 Å². The molecule has 0 saturated heterocycles. The molecule has 0 aromatic heterocycles. The molecule has 3 aromatic carbocycles. The number of sulfonamides is 1. The standard InChI is InChI=1S/C33H41N3O7S/c1-23-10-17-29(18-11-23)44(39,40)36(30-20-28(42-4)16-19-31(30)43-5)22-32(37)35(21-25-12-14-27(41-3)15-13-25)24(2)33(38)34-26-8-6-7-9-26/h10-20,24,26H,6-9,21-22H2,1-5H3,(H,34,38)/t24-/m0/s1. The van der Waals surface area contributed by atoms with Crippen LogP contribution in [0.5, 0.6) is 17.2 Å². The van der Waals surface area contributed by atoms with Gasteiger partial charge in [0.1, 0.15) is 29.8 Å². The van der Waals surface area contributed by atoms with Gasteiger partial charge in [0, 0.05) is 18.7 Å². The lowest BCUT2D eigenvalue weighted by Crippen LogP contribution is -2.52. The molecule has 1 N–H and O–H groups in total. The molecule has 44 heavy (non-hydrogen) atoms. The van der Waals surface area contributed by atoms with Crippen molar-refractivity contribution < 1.29 is 32.2 Å². The van der Waals surface area contributed by atoms with E-state index in [0.717, 1.165) is 41.1 Å². The van der Waals surface area contributed by atoms with Gasteiger partial charge in [-0.2, -0.15) is 0 Å². The number of nitrogens with zero attached hydrogens (tertiary/aromatic N) is 2. The molecule has 236 valence electrons. The number of rotatable bonds is 13. The maximum absolute atomic E-state index is 14.3. The van der Waals surface area contributed by atoms with Gasteiger partial charge in [0.05, 0.1) is 31.9 Å². The van der Waals surface area contributed by atoms with E-state index >= 15 is 0 Å². The number of hydrogen-bond donors (Lipinski definition) is 1. The zero-order valence-corrected chi connectivity index (χ0v) is 26.7. The summed E-state index contributed by atoms with van der Waals surface area (Å²) in [5, 5.41) is 3.08. The molecular weight excluding hydrogens is 582 g/mol. The topological polar surface area (TPSA) is 114 Å². The summed E-state index contributed by atoms with van der Waals surface area (Å²) >= 11 is 0. The van der Waals surface area contributed by atoms with Crippen LogP contribution in [0.1, 0.15) is 43.7 Å². The van der Waals surface area contributed by atoms with Crippen molar-refractivity contribution >= 4 is 27.5 Å². The highest BCUT2D eigenvalue weighted by Gasteiger charge is 2.34. The first kappa shape index (κ1) is 32.7. The van der Waals surface area contributed by atoms with Gasteiger partial charge in [0.25, 0.3) is 10.0 Å². The maximum Gasteiger partial charge on any atom is 0.264 e. The summed E-state index contributed by atoms with van der Waals surface area (Å²) in [6.07, 6.45) is 3.87. The second kappa shape index (κ2) is 14.5. The Balaban J connectivity index is 1.75. The largest absolute Gasteiger partial charge is 0.497 e. The molecule has 0 bridgehead atoms. The first-order valence-electron chi connectivity index (χ1n) is 14.6. The van der Waals surface area contributed by atoms with Gasteiger partial charge in [-0.1, -0.05) is 42.7 Å². The van der Waals surface area contributed by atoms with Gasteiger partial charge in [-0.15, -0.1) is 0 Å². The lowest BCUT2D eigenvalue weighted by Gasteiger charge is -2.33.